The third-order valence-electron chi connectivity index (χ3n) is 5.11. The van der Waals surface area contributed by atoms with Crippen molar-refractivity contribution in [2.24, 2.45) is 17.8 Å². The van der Waals surface area contributed by atoms with Gasteiger partial charge >= 0.3 is 0 Å². The molecule has 1 aromatic rings. The third kappa shape index (κ3) is 3.22. The van der Waals surface area contributed by atoms with Crippen molar-refractivity contribution >= 4 is 0 Å². The Morgan fingerprint density at radius 2 is 1.95 bits per heavy atom. The van der Waals surface area contributed by atoms with Crippen LogP contribution in [0.3, 0.4) is 0 Å². The van der Waals surface area contributed by atoms with Crippen LogP contribution in [0.4, 0.5) is 0 Å². The molecule has 0 aromatic heterocycles. The summed E-state index contributed by atoms with van der Waals surface area (Å²) >= 11 is 0. The van der Waals surface area contributed by atoms with Crippen LogP contribution in [0.15, 0.2) is 42.0 Å². The number of hydrogen-bond acceptors (Lipinski definition) is 2. The second-order valence-corrected chi connectivity index (χ2v) is 6.85. The van der Waals surface area contributed by atoms with Crippen LogP contribution in [0.25, 0.3) is 0 Å². The summed E-state index contributed by atoms with van der Waals surface area (Å²) in [7, 11) is 0. The molecule has 1 aromatic carbocycles. The van der Waals surface area contributed by atoms with Crippen molar-refractivity contribution in [1.29, 1.82) is 0 Å². The standard InChI is InChI=1S/C19H27NO/c1-14-11-15(2)18(16(3)12-14)13-20-9-10-21-19(20)17-7-5-4-6-8-17/h4-8,11,15-16,18-19H,9-10,12-13H2,1-3H3/t15-,16-,18+,19-/m1/s1. The van der Waals surface area contributed by atoms with E-state index in [2.05, 4.69) is 62.1 Å². The van der Waals surface area contributed by atoms with Gasteiger partial charge in [-0.2, -0.15) is 0 Å². The van der Waals surface area contributed by atoms with Crippen LogP contribution in [0.1, 0.15) is 39.0 Å². The van der Waals surface area contributed by atoms with Crippen molar-refractivity contribution in [3.8, 4) is 0 Å². The van der Waals surface area contributed by atoms with Crippen LogP contribution >= 0.6 is 0 Å². The average Bonchev–Trinajstić information content (AvgIpc) is 2.92. The molecule has 1 aliphatic heterocycles. The summed E-state index contributed by atoms with van der Waals surface area (Å²) in [6, 6.07) is 10.6. The zero-order chi connectivity index (χ0) is 14.8. The van der Waals surface area contributed by atoms with Crippen LogP contribution in [0, 0.1) is 17.8 Å². The predicted octanol–water partition coefficient (Wildman–Crippen LogP) is 4.26. The molecule has 1 saturated heterocycles. The van der Waals surface area contributed by atoms with E-state index in [-0.39, 0.29) is 6.23 Å². The molecule has 2 heteroatoms. The highest BCUT2D eigenvalue weighted by molar-refractivity contribution is 5.18. The first kappa shape index (κ1) is 14.8. The third-order valence-corrected chi connectivity index (χ3v) is 5.11. The first-order chi connectivity index (χ1) is 10.1. The molecular weight excluding hydrogens is 258 g/mol. The number of nitrogens with zero attached hydrogens (tertiary/aromatic N) is 1. The number of ether oxygens (including phenoxy) is 1. The Morgan fingerprint density at radius 3 is 2.67 bits per heavy atom. The summed E-state index contributed by atoms with van der Waals surface area (Å²) in [4.78, 5) is 2.53. The van der Waals surface area contributed by atoms with Crippen LogP contribution in [0.5, 0.6) is 0 Å². The first-order valence-electron chi connectivity index (χ1n) is 8.23. The Kier molecular flexibility index (Phi) is 4.46. The summed E-state index contributed by atoms with van der Waals surface area (Å²) < 4.78 is 6.00. The van der Waals surface area contributed by atoms with Gasteiger partial charge in [0.2, 0.25) is 0 Å². The Labute approximate surface area is 128 Å². The molecule has 1 aliphatic carbocycles. The predicted molar refractivity (Wildman–Crippen MR) is 86.9 cm³/mol. The maximum absolute atomic E-state index is 6.00. The van der Waals surface area contributed by atoms with E-state index in [1.807, 2.05) is 0 Å². The average molecular weight is 285 g/mol. The first-order valence-corrected chi connectivity index (χ1v) is 8.23. The molecule has 21 heavy (non-hydrogen) atoms. The smallest absolute Gasteiger partial charge is 0.136 e. The van der Waals surface area contributed by atoms with Gasteiger partial charge in [-0.05, 0) is 36.7 Å². The summed E-state index contributed by atoms with van der Waals surface area (Å²) in [6.07, 6.45) is 3.87. The van der Waals surface area contributed by atoms with E-state index in [0.717, 1.165) is 31.5 Å². The molecule has 2 aliphatic rings. The Bertz CT molecular complexity index is 496. The second kappa shape index (κ2) is 6.33. The van der Waals surface area contributed by atoms with Gasteiger partial charge in [-0.25, -0.2) is 0 Å². The molecule has 0 spiro atoms. The normalized spacial score (nSPS) is 34.0. The molecule has 0 amide bonds. The number of hydrogen-bond donors (Lipinski definition) is 0. The van der Waals surface area contributed by atoms with E-state index in [1.54, 1.807) is 5.57 Å². The van der Waals surface area contributed by atoms with Gasteiger partial charge in [-0.15, -0.1) is 0 Å². The van der Waals surface area contributed by atoms with Gasteiger partial charge in [0.1, 0.15) is 6.23 Å². The van der Waals surface area contributed by atoms with Gasteiger partial charge < -0.3 is 4.74 Å². The maximum atomic E-state index is 6.00. The summed E-state index contributed by atoms with van der Waals surface area (Å²) in [6.45, 7) is 10.1. The molecule has 0 N–H and O–H groups in total. The molecule has 3 rings (SSSR count). The number of rotatable bonds is 3. The molecule has 0 radical (unpaired) electrons. The fraction of sp³-hybridized carbons (Fsp3) is 0.579. The largest absolute Gasteiger partial charge is 0.358 e. The number of benzene rings is 1. The van der Waals surface area contributed by atoms with E-state index in [4.69, 9.17) is 4.74 Å². The van der Waals surface area contributed by atoms with E-state index < -0.39 is 0 Å². The van der Waals surface area contributed by atoms with Crippen molar-refractivity contribution in [3.63, 3.8) is 0 Å². The van der Waals surface area contributed by atoms with E-state index in [9.17, 15) is 0 Å². The summed E-state index contributed by atoms with van der Waals surface area (Å²) in [5.74, 6) is 2.18. The van der Waals surface area contributed by atoms with Gasteiger partial charge in [0.15, 0.2) is 0 Å². The van der Waals surface area contributed by atoms with Gasteiger partial charge in [0.25, 0.3) is 0 Å². The number of allylic oxidation sites excluding steroid dienone is 2. The molecule has 1 heterocycles. The van der Waals surface area contributed by atoms with Crippen molar-refractivity contribution in [1.82, 2.24) is 4.90 Å². The molecular formula is C19H27NO. The monoisotopic (exact) mass is 285 g/mol. The zero-order valence-corrected chi connectivity index (χ0v) is 13.5. The zero-order valence-electron chi connectivity index (χ0n) is 13.5. The van der Waals surface area contributed by atoms with Gasteiger partial charge in [-0.1, -0.05) is 55.8 Å². The Balaban J connectivity index is 1.72. The van der Waals surface area contributed by atoms with Crippen molar-refractivity contribution in [2.45, 2.75) is 33.4 Å². The SMILES string of the molecule is CC1=C[C@@H](C)[C@H](CN2CCO[C@@H]2c2ccccc2)[C@H](C)C1. The van der Waals surface area contributed by atoms with Crippen LogP contribution in [0.2, 0.25) is 0 Å². The Morgan fingerprint density at radius 1 is 1.19 bits per heavy atom. The minimum absolute atomic E-state index is 0.151. The lowest BCUT2D eigenvalue weighted by atomic mass is 9.74. The Hall–Kier alpha value is -1.12. The van der Waals surface area contributed by atoms with Crippen molar-refractivity contribution < 1.29 is 4.74 Å². The van der Waals surface area contributed by atoms with E-state index in [0.29, 0.717) is 5.92 Å². The van der Waals surface area contributed by atoms with Gasteiger partial charge in [0.05, 0.1) is 6.61 Å². The quantitative estimate of drug-likeness (QED) is 0.770. The highest BCUT2D eigenvalue weighted by Gasteiger charge is 2.33. The van der Waals surface area contributed by atoms with Crippen LogP contribution in [-0.2, 0) is 4.74 Å². The maximum Gasteiger partial charge on any atom is 0.136 e. The van der Waals surface area contributed by atoms with Crippen molar-refractivity contribution in [3.05, 3.63) is 47.5 Å². The highest BCUT2D eigenvalue weighted by Crippen LogP contribution is 2.36. The van der Waals surface area contributed by atoms with E-state index >= 15 is 0 Å². The molecule has 0 saturated carbocycles. The molecule has 2 nitrogen and oxygen atoms in total. The molecule has 114 valence electrons. The fourth-order valence-electron chi connectivity index (χ4n) is 4.05. The lowest BCUT2D eigenvalue weighted by Crippen LogP contribution is -2.36. The summed E-state index contributed by atoms with van der Waals surface area (Å²) in [5.41, 5.74) is 2.85. The highest BCUT2D eigenvalue weighted by atomic mass is 16.5. The van der Waals surface area contributed by atoms with Gasteiger partial charge in [0, 0.05) is 13.1 Å². The molecule has 4 atom stereocenters. The topological polar surface area (TPSA) is 12.5 Å². The van der Waals surface area contributed by atoms with Crippen molar-refractivity contribution in [2.75, 3.05) is 19.7 Å². The molecule has 0 bridgehead atoms. The summed E-state index contributed by atoms with van der Waals surface area (Å²) in [5, 5.41) is 0. The minimum Gasteiger partial charge on any atom is -0.358 e. The minimum atomic E-state index is 0.151. The second-order valence-electron chi connectivity index (χ2n) is 6.85. The lowest BCUT2D eigenvalue weighted by molar-refractivity contribution is 0.0163. The molecule has 1 fully saturated rings. The van der Waals surface area contributed by atoms with Crippen LogP contribution in [-0.4, -0.2) is 24.6 Å². The lowest BCUT2D eigenvalue weighted by Gasteiger charge is -2.37. The van der Waals surface area contributed by atoms with Gasteiger partial charge in [-0.3, -0.25) is 4.90 Å². The van der Waals surface area contributed by atoms with E-state index in [1.165, 1.54) is 12.0 Å². The van der Waals surface area contributed by atoms with Crippen LogP contribution < -0.4 is 0 Å². The molecule has 0 unspecified atom stereocenters. The fourth-order valence-corrected chi connectivity index (χ4v) is 4.05.